The zero-order valence-corrected chi connectivity index (χ0v) is 11.4. The van der Waals surface area contributed by atoms with Crippen molar-refractivity contribution in [2.75, 3.05) is 0 Å². The number of nitrogens with two attached hydrogens (primary N) is 1. The van der Waals surface area contributed by atoms with Crippen LogP contribution in [0.1, 0.15) is 15.9 Å². The van der Waals surface area contributed by atoms with E-state index in [0.717, 1.165) is 5.56 Å². The van der Waals surface area contributed by atoms with E-state index in [1.54, 1.807) is 42.5 Å². The van der Waals surface area contributed by atoms with Crippen molar-refractivity contribution in [1.29, 1.82) is 0 Å². The third-order valence-electron chi connectivity index (χ3n) is 2.54. The number of primary amides is 1. The van der Waals surface area contributed by atoms with E-state index in [-0.39, 0.29) is 0 Å². The van der Waals surface area contributed by atoms with Crippen molar-refractivity contribution >= 4 is 29.1 Å². The fourth-order valence-corrected chi connectivity index (χ4v) is 1.79. The zero-order chi connectivity index (χ0) is 13.8. The van der Waals surface area contributed by atoms with E-state index in [9.17, 15) is 4.79 Å². The van der Waals surface area contributed by atoms with Crippen LogP contribution in [0.25, 0.3) is 0 Å². The molecule has 0 heterocycles. The molecule has 0 aliphatic carbocycles. The molecular weight excluding hydrogens is 285 g/mol. The number of hydrogen-bond acceptors (Lipinski definition) is 2. The fraction of sp³-hybridized carbons (Fsp3) is 0.0714. The molecule has 19 heavy (non-hydrogen) atoms. The first-order chi connectivity index (χ1) is 9.06. The average molecular weight is 296 g/mol. The summed E-state index contributed by atoms with van der Waals surface area (Å²) in [5.41, 5.74) is 6.56. The van der Waals surface area contributed by atoms with E-state index < -0.39 is 5.91 Å². The van der Waals surface area contributed by atoms with Crippen molar-refractivity contribution < 1.29 is 9.53 Å². The van der Waals surface area contributed by atoms with Crippen LogP contribution in [0.3, 0.4) is 0 Å². The topological polar surface area (TPSA) is 52.3 Å². The molecule has 5 heteroatoms. The minimum absolute atomic E-state index is 0.372. The van der Waals surface area contributed by atoms with Gasteiger partial charge in [0.1, 0.15) is 12.4 Å². The molecule has 0 fully saturated rings. The van der Waals surface area contributed by atoms with E-state index >= 15 is 0 Å². The second-order valence-corrected chi connectivity index (χ2v) is 4.74. The Hall–Kier alpha value is -1.71. The molecule has 0 radical (unpaired) electrons. The van der Waals surface area contributed by atoms with Crippen LogP contribution in [-0.4, -0.2) is 5.91 Å². The fourth-order valence-electron chi connectivity index (χ4n) is 1.50. The Bertz CT molecular complexity index is 597. The predicted molar refractivity (Wildman–Crippen MR) is 75.8 cm³/mol. The second-order valence-electron chi connectivity index (χ2n) is 3.93. The van der Waals surface area contributed by atoms with Gasteiger partial charge in [-0.2, -0.15) is 0 Å². The Morgan fingerprint density at radius 1 is 1.05 bits per heavy atom. The highest BCUT2D eigenvalue weighted by Crippen LogP contribution is 2.26. The Morgan fingerprint density at radius 3 is 2.32 bits per heavy atom. The van der Waals surface area contributed by atoms with E-state index in [1.165, 1.54) is 0 Å². The van der Waals surface area contributed by atoms with E-state index in [0.29, 0.717) is 28.0 Å². The van der Waals surface area contributed by atoms with Gasteiger partial charge in [0, 0.05) is 11.6 Å². The van der Waals surface area contributed by atoms with Gasteiger partial charge in [-0.25, -0.2) is 0 Å². The molecule has 0 aromatic heterocycles. The molecule has 2 aromatic carbocycles. The molecule has 2 N–H and O–H groups in total. The summed E-state index contributed by atoms with van der Waals surface area (Å²) in [5.74, 6) is 0.185. The van der Waals surface area contributed by atoms with Crippen LogP contribution in [-0.2, 0) is 6.61 Å². The van der Waals surface area contributed by atoms with Gasteiger partial charge in [-0.15, -0.1) is 0 Å². The Balaban J connectivity index is 2.01. The smallest absolute Gasteiger partial charge is 0.248 e. The molecule has 0 spiro atoms. The predicted octanol–water partition coefficient (Wildman–Crippen LogP) is 3.67. The minimum atomic E-state index is -0.447. The van der Waals surface area contributed by atoms with Gasteiger partial charge in [0.15, 0.2) is 0 Å². The third-order valence-corrected chi connectivity index (χ3v) is 3.27. The highest BCUT2D eigenvalue weighted by molar-refractivity contribution is 6.42. The van der Waals surface area contributed by atoms with Crippen LogP contribution in [0.2, 0.25) is 10.0 Å². The second kappa shape index (κ2) is 5.95. The summed E-state index contributed by atoms with van der Waals surface area (Å²) in [5, 5.41) is 0.933. The molecule has 2 rings (SSSR count). The molecule has 98 valence electrons. The number of halogens is 2. The van der Waals surface area contributed by atoms with Crippen LogP contribution >= 0.6 is 23.2 Å². The van der Waals surface area contributed by atoms with E-state index in [2.05, 4.69) is 0 Å². The summed E-state index contributed by atoms with van der Waals surface area (Å²) in [6, 6.07) is 12.0. The number of carbonyl (C=O) groups excluding carboxylic acids is 1. The van der Waals surface area contributed by atoms with Crippen LogP contribution in [0.5, 0.6) is 5.75 Å². The molecule has 0 aliphatic heterocycles. The lowest BCUT2D eigenvalue weighted by Crippen LogP contribution is -2.10. The third kappa shape index (κ3) is 3.63. The lowest BCUT2D eigenvalue weighted by atomic mass is 10.1. The van der Waals surface area contributed by atoms with E-state index in [4.69, 9.17) is 33.7 Å². The van der Waals surface area contributed by atoms with Crippen LogP contribution < -0.4 is 10.5 Å². The molecule has 0 unspecified atom stereocenters. The molecule has 0 atom stereocenters. The van der Waals surface area contributed by atoms with Crippen molar-refractivity contribution in [1.82, 2.24) is 0 Å². The number of hydrogen-bond donors (Lipinski definition) is 1. The van der Waals surface area contributed by atoms with Gasteiger partial charge in [-0.05, 0) is 29.8 Å². The molecule has 2 aromatic rings. The lowest BCUT2D eigenvalue weighted by Gasteiger charge is -2.07. The largest absolute Gasteiger partial charge is 0.489 e. The van der Waals surface area contributed by atoms with Crippen LogP contribution in [0, 0.1) is 0 Å². The molecule has 0 saturated heterocycles. The Kier molecular flexibility index (Phi) is 4.30. The quantitative estimate of drug-likeness (QED) is 0.935. The van der Waals surface area contributed by atoms with Crippen molar-refractivity contribution in [3.05, 3.63) is 63.6 Å². The van der Waals surface area contributed by atoms with Gasteiger partial charge >= 0.3 is 0 Å². The average Bonchev–Trinajstić information content (AvgIpc) is 2.40. The molecule has 3 nitrogen and oxygen atoms in total. The zero-order valence-electron chi connectivity index (χ0n) is 9.90. The first kappa shape index (κ1) is 13.7. The monoisotopic (exact) mass is 295 g/mol. The number of amides is 1. The SMILES string of the molecule is NC(=O)c1ccc(COc2ccc(Cl)c(Cl)c2)cc1. The van der Waals surface area contributed by atoms with Gasteiger partial charge in [0.2, 0.25) is 5.91 Å². The Labute approximate surface area is 120 Å². The van der Waals surface area contributed by atoms with E-state index in [1.807, 2.05) is 0 Å². The van der Waals surface area contributed by atoms with Crippen molar-refractivity contribution in [3.63, 3.8) is 0 Å². The normalized spacial score (nSPS) is 10.2. The summed E-state index contributed by atoms with van der Waals surface area (Å²) in [6.45, 7) is 0.372. The Morgan fingerprint density at radius 2 is 1.74 bits per heavy atom. The summed E-state index contributed by atoms with van der Waals surface area (Å²) >= 11 is 11.7. The number of rotatable bonds is 4. The molecular formula is C14H11Cl2NO2. The lowest BCUT2D eigenvalue weighted by molar-refractivity contribution is 0.1000. The van der Waals surface area contributed by atoms with Gasteiger partial charge in [0.05, 0.1) is 10.0 Å². The number of ether oxygens (including phenoxy) is 1. The first-order valence-corrected chi connectivity index (χ1v) is 6.28. The molecule has 0 bridgehead atoms. The highest BCUT2D eigenvalue weighted by Gasteiger charge is 2.02. The number of benzene rings is 2. The van der Waals surface area contributed by atoms with Gasteiger partial charge in [-0.1, -0.05) is 35.3 Å². The maximum Gasteiger partial charge on any atom is 0.248 e. The summed E-state index contributed by atoms with van der Waals surface area (Å²) in [7, 11) is 0. The highest BCUT2D eigenvalue weighted by atomic mass is 35.5. The summed E-state index contributed by atoms with van der Waals surface area (Å²) in [4.78, 5) is 10.9. The first-order valence-electron chi connectivity index (χ1n) is 5.53. The minimum Gasteiger partial charge on any atom is -0.489 e. The van der Waals surface area contributed by atoms with Crippen LogP contribution in [0.4, 0.5) is 0 Å². The van der Waals surface area contributed by atoms with Crippen LogP contribution in [0.15, 0.2) is 42.5 Å². The van der Waals surface area contributed by atoms with Gasteiger partial charge in [-0.3, -0.25) is 4.79 Å². The van der Waals surface area contributed by atoms with Crippen molar-refractivity contribution in [2.45, 2.75) is 6.61 Å². The summed E-state index contributed by atoms with van der Waals surface area (Å²) < 4.78 is 5.57. The standard InChI is InChI=1S/C14H11Cl2NO2/c15-12-6-5-11(7-13(12)16)19-8-9-1-3-10(4-2-9)14(17)18/h1-7H,8H2,(H2,17,18). The number of carbonyl (C=O) groups is 1. The maximum absolute atomic E-state index is 10.9. The van der Waals surface area contributed by atoms with Crippen molar-refractivity contribution in [2.24, 2.45) is 5.73 Å². The molecule has 0 aliphatic rings. The molecule has 1 amide bonds. The molecule has 0 saturated carbocycles. The maximum atomic E-state index is 10.9. The van der Waals surface area contributed by atoms with Gasteiger partial charge < -0.3 is 10.5 Å². The summed E-state index contributed by atoms with van der Waals surface area (Å²) in [6.07, 6.45) is 0. The van der Waals surface area contributed by atoms with Gasteiger partial charge in [0.25, 0.3) is 0 Å². The van der Waals surface area contributed by atoms with Crippen molar-refractivity contribution in [3.8, 4) is 5.75 Å².